The van der Waals surface area contributed by atoms with Gasteiger partial charge in [-0.3, -0.25) is 4.79 Å². The summed E-state index contributed by atoms with van der Waals surface area (Å²) in [5.74, 6) is 0.539. The van der Waals surface area contributed by atoms with E-state index in [9.17, 15) is 4.79 Å². The van der Waals surface area contributed by atoms with E-state index >= 15 is 0 Å². The highest BCUT2D eigenvalue weighted by Gasteiger charge is 2.42. The van der Waals surface area contributed by atoms with Gasteiger partial charge in [0, 0.05) is 0 Å². The zero-order valence-electron chi connectivity index (χ0n) is 11.8. The Morgan fingerprint density at radius 3 is 2.24 bits per heavy atom. The molecule has 0 radical (unpaired) electrons. The fraction of sp³-hybridized carbons (Fsp3) is 0.929. The predicted molar refractivity (Wildman–Crippen MR) is 71.6 cm³/mol. The molecule has 1 amide bonds. The first-order chi connectivity index (χ1) is 7.82. The lowest BCUT2D eigenvalue weighted by atomic mass is 9.67. The van der Waals surface area contributed by atoms with Gasteiger partial charge in [0.2, 0.25) is 5.91 Å². The Morgan fingerprint density at radius 1 is 1.35 bits per heavy atom. The third kappa shape index (κ3) is 3.44. The smallest absolute Gasteiger partial charge is 0.237 e. The molecule has 0 aromatic rings. The van der Waals surface area contributed by atoms with Crippen LogP contribution in [0.25, 0.3) is 0 Å². The van der Waals surface area contributed by atoms with Crippen molar-refractivity contribution in [2.75, 3.05) is 6.54 Å². The van der Waals surface area contributed by atoms with Crippen LogP contribution in [0.4, 0.5) is 0 Å². The highest BCUT2D eigenvalue weighted by atomic mass is 16.1. The van der Waals surface area contributed by atoms with Crippen LogP contribution < -0.4 is 11.1 Å². The first-order valence-electron chi connectivity index (χ1n) is 6.87. The van der Waals surface area contributed by atoms with Crippen LogP contribution in [0.1, 0.15) is 59.8 Å². The molecule has 3 N–H and O–H groups in total. The average Bonchev–Trinajstić information content (AvgIpc) is 2.25. The Balaban J connectivity index is 2.64. The van der Waals surface area contributed by atoms with E-state index in [-0.39, 0.29) is 5.91 Å². The summed E-state index contributed by atoms with van der Waals surface area (Å²) in [5, 5.41) is 3.38. The summed E-state index contributed by atoms with van der Waals surface area (Å²) in [5.41, 5.74) is 5.51. The van der Waals surface area contributed by atoms with Crippen LogP contribution in [0.15, 0.2) is 0 Å². The zero-order valence-corrected chi connectivity index (χ0v) is 11.8. The molecule has 0 unspecified atom stereocenters. The van der Waals surface area contributed by atoms with Gasteiger partial charge in [-0.25, -0.2) is 0 Å². The molecule has 3 heteroatoms. The standard InChI is InChI=1S/C14H28N2O/c1-5-10-16-14(12(15)17)8-6-11(7-9-14)13(2,3)4/h11,16H,5-10H2,1-4H3,(H2,15,17). The quantitative estimate of drug-likeness (QED) is 0.793. The van der Waals surface area contributed by atoms with Gasteiger partial charge in [0.15, 0.2) is 0 Å². The molecule has 100 valence electrons. The number of carbonyl (C=O) groups excluding carboxylic acids is 1. The van der Waals surface area contributed by atoms with Crippen LogP contribution >= 0.6 is 0 Å². The summed E-state index contributed by atoms with van der Waals surface area (Å²) in [6.45, 7) is 9.85. The van der Waals surface area contributed by atoms with Crippen LogP contribution in [0, 0.1) is 11.3 Å². The van der Waals surface area contributed by atoms with Crippen molar-refractivity contribution in [1.82, 2.24) is 5.32 Å². The van der Waals surface area contributed by atoms with Crippen LogP contribution in [0.3, 0.4) is 0 Å². The number of amides is 1. The highest BCUT2D eigenvalue weighted by Crippen LogP contribution is 2.41. The maximum atomic E-state index is 11.7. The first kappa shape index (κ1) is 14.5. The fourth-order valence-corrected chi connectivity index (χ4v) is 2.85. The highest BCUT2D eigenvalue weighted by molar-refractivity contribution is 5.84. The number of carbonyl (C=O) groups is 1. The SMILES string of the molecule is CCCNC1(C(N)=O)CCC(C(C)(C)C)CC1. The molecule has 0 heterocycles. The Bertz CT molecular complexity index is 260. The summed E-state index contributed by atoms with van der Waals surface area (Å²) in [7, 11) is 0. The summed E-state index contributed by atoms with van der Waals surface area (Å²) in [6.07, 6.45) is 5.03. The lowest BCUT2D eigenvalue weighted by Crippen LogP contribution is -2.58. The maximum Gasteiger partial charge on any atom is 0.237 e. The minimum absolute atomic E-state index is 0.168. The van der Waals surface area contributed by atoms with Gasteiger partial charge in [0.1, 0.15) is 0 Å². The number of primary amides is 1. The van der Waals surface area contributed by atoms with Crippen LogP contribution in [0.2, 0.25) is 0 Å². The summed E-state index contributed by atoms with van der Waals surface area (Å²) in [6, 6.07) is 0. The normalized spacial score (nSPS) is 30.2. The van der Waals surface area contributed by atoms with E-state index in [0.29, 0.717) is 11.3 Å². The topological polar surface area (TPSA) is 55.1 Å². The van der Waals surface area contributed by atoms with E-state index in [2.05, 4.69) is 33.0 Å². The molecule has 0 aromatic heterocycles. The number of rotatable bonds is 4. The van der Waals surface area contributed by atoms with Gasteiger partial charge in [0.25, 0.3) is 0 Å². The molecule has 0 bridgehead atoms. The zero-order chi connectivity index (χ0) is 13.1. The van der Waals surface area contributed by atoms with Gasteiger partial charge >= 0.3 is 0 Å². The van der Waals surface area contributed by atoms with Crippen molar-refractivity contribution in [3.63, 3.8) is 0 Å². The Morgan fingerprint density at radius 2 is 1.88 bits per heavy atom. The van der Waals surface area contributed by atoms with Gasteiger partial charge in [-0.05, 0) is 50.0 Å². The minimum Gasteiger partial charge on any atom is -0.368 e. The monoisotopic (exact) mass is 240 g/mol. The van der Waals surface area contributed by atoms with Crippen molar-refractivity contribution in [3.8, 4) is 0 Å². The van der Waals surface area contributed by atoms with Crippen molar-refractivity contribution in [1.29, 1.82) is 0 Å². The average molecular weight is 240 g/mol. The van der Waals surface area contributed by atoms with E-state index in [1.807, 2.05) is 0 Å². The minimum atomic E-state index is -0.433. The molecule has 0 atom stereocenters. The molecule has 1 fully saturated rings. The molecule has 0 spiro atoms. The lowest BCUT2D eigenvalue weighted by molar-refractivity contribution is -0.126. The second-order valence-corrected chi connectivity index (χ2v) is 6.51. The summed E-state index contributed by atoms with van der Waals surface area (Å²) in [4.78, 5) is 11.7. The van der Waals surface area contributed by atoms with Gasteiger partial charge in [0.05, 0.1) is 5.54 Å². The lowest BCUT2D eigenvalue weighted by Gasteiger charge is -2.42. The van der Waals surface area contributed by atoms with E-state index in [4.69, 9.17) is 5.73 Å². The molecule has 3 nitrogen and oxygen atoms in total. The maximum absolute atomic E-state index is 11.7. The molecule has 1 saturated carbocycles. The molecular formula is C14H28N2O. The van der Waals surface area contributed by atoms with Crippen LogP contribution in [0.5, 0.6) is 0 Å². The molecular weight excluding hydrogens is 212 g/mol. The molecule has 1 aliphatic rings. The third-order valence-corrected chi connectivity index (χ3v) is 4.25. The van der Waals surface area contributed by atoms with E-state index in [1.165, 1.54) is 0 Å². The second kappa shape index (κ2) is 5.38. The van der Waals surface area contributed by atoms with E-state index < -0.39 is 5.54 Å². The second-order valence-electron chi connectivity index (χ2n) is 6.51. The largest absolute Gasteiger partial charge is 0.368 e. The van der Waals surface area contributed by atoms with E-state index in [1.54, 1.807) is 0 Å². The van der Waals surface area contributed by atoms with Crippen LogP contribution in [-0.2, 0) is 4.79 Å². The third-order valence-electron chi connectivity index (χ3n) is 4.25. The molecule has 0 aromatic carbocycles. The Hall–Kier alpha value is -0.570. The van der Waals surface area contributed by atoms with Gasteiger partial charge in [-0.15, -0.1) is 0 Å². The fourth-order valence-electron chi connectivity index (χ4n) is 2.85. The first-order valence-corrected chi connectivity index (χ1v) is 6.87. The van der Waals surface area contributed by atoms with Crippen molar-refractivity contribution in [2.45, 2.75) is 65.3 Å². The summed E-state index contributed by atoms with van der Waals surface area (Å²) >= 11 is 0. The predicted octanol–water partition coefficient (Wildman–Crippen LogP) is 2.45. The van der Waals surface area contributed by atoms with E-state index in [0.717, 1.165) is 38.6 Å². The number of nitrogens with two attached hydrogens (primary N) is 1. The molecule has 0 aliphatic heterocycles. The Kier molecular flexibility index (Phi) is 4.59. The van der Waals surface area contributed by atoms with Crippen LogP contribution in [-0.4, -0.2) is 18.0 Å². The van der Waals surface area contributed by atoms with Crippen molar-refractivity contribution in [3.05, 3.63) is 0 Å². The molecule has 0 saturated heterocycles. The molecule has 1 rings (SSSR count). The van der Waals surface area contributed by atoms with Crippen molar-refractivity contribution < 1.29 is 4.79 Å². The van der Waals surface area contributed by atoms with Gasteiger partial charge in [-0.2, -0.15) is 0 Å². The van der Waals surface area contributed by atoms with Gasteiger partial charge < -0.3 is 11.1 Å². The number of hydrogen-bond acceptors (Lipinski definition) is 2. The molecule has 17 heavy (non-hydrogen) atoms. The van der Waals surface area contributed by atoms with Crippen molar-refractivity contribution >= 4 is 5.91 Å². The summed E-state index contributed by atoms with van der Waals surface area (Å²) < 4.78 is 0. The van der Waals surface area contributed by atoms with Gasteiger partial charge in [-0.1, -0.05) is 27.7 Å². The van der Waals surface area contributed by atoms with Crippen molar-refractivity contribution in [2.24, 2.45) is 17.1 Å². The Labute approximate surface area is 106 Å². The number of nitrogens with one attached hydrogen (secondary N) is 1. The molecule has 1 aliphatic carbocycles. The number of hydrogen-bond donors (Lipinski definition) is 2.